The van der Waals surface area contributed by atoms with Crippen LogP contribution in [0, 0.1) is 19.8 Å². The Morgan fingerprint density at radius 3 is 2.53 bits per heavy atom. The number of benzene rings is 1. The van der Waals surface area contributed by atoms with Crippen molar-refractivity contribution in [2.45, 2.75) is 40.2 Å². The van der Waals surface area contributed by atoms with Crippen LogP contribution in [0.5, 0.6) is 0 Å². The van der Waals surface area contributed by atoms with Gasteiger partial charge in [-0.05, 0) is 56.8 Å². The first-order valence-electron chi connectivity index (χ1n) is 12.0. The minimum absolute atomic E-state index is 0.173. The number of nitrogens with two attached hydrogens (primary N) is 1. The highest BCUT2D eigenvalue weighted by molar-refractivity contribution is 5.88. The number of aryl methyl sites for hydroxylation is 2. The smallest absolute Gasteiger partial charge is 0.319 e. The van der Waals surface area contributed by atoms with Crippen molar-refractivity contribution in [1.82, 2.24) is 24.6 Å². The lowest BCUT2D eigenvalue weighted by Crippen LogP contribution is -2.45. The van der Waals surface area contributed by atoms with Gasteiger partial charge in [-0.15, -0.1) is 9.38 Å². The number of hydrogen-bond acceptors (Lipinski definition) is 5. The Morgan fingerprint density at radius 2 is 1.82 bits per heavy atom. The van der Waals surface area contributed by atoms with Crippen molar-refractivity contribution >= 4 is 11.6 Å². The average molecular weight is 459 g/mol. The van der Waals surface area contributed by atoms with E-state index >= 15 is 0 Å². The molecule has 3 aromatic heterocycles. The fourth-order valence-electron chi connectivity index (χ4n) is 5.09. The van der Waals surface area contributed by atoms with E-state index in [0.29, 0.717) is 18.1 Å². The predicted molar refractivity (Wildman–Crippen MR) is 133 cm³/mol. The first-order chi connectivity index (χ1) is 16.4. The molecule has 1 saturated heterocycles. The maximum atomic E-state index is 13.4. The number of hydrogen-bond donors (Lipinski definition) is 2. The standard InChI is InChI=1S/C26H31N7O/c1-17-8-7-11-31(16-17)12-13-32-26(34)33-24(30-32)22(21-14-18(2)28-19(3)15-21)23(29-25(33)27)20-9-5-4-6-10-20/h4-6,9-10,14-15,17H,7-8,11-13,16H2,1-3H3,(H2,27,28,29,30)/p+1. The van der Waals surface area contributed by atoms with E-state index in [0.717, 1.165) is 53.4 Å². The van der Waals surface area contributed by atoms with Gasteiger partial charge in [-0.3, -0.25) is 4.98 Å². The van der Waals surface area contributed by atoms with Gasteiger partial charge in [0.15, 0.2) is 0 Å². The number of nitrogen functional groups attached to an aromatic ring is 1. The number of fused-ring (bicyclic) bond motifs is 1. The van der Waals surface area contributed by atoms with Crippen LogP contribution in [0.3, 0.4) is 0 Å². The molecule has 34 heavy (non-hydrogen) atoms. The van der Waals surface area contributed by atoms with Gasteiger partial charge in [0.2, 0.25) is 5.65 Å². The third-order valence-electron chi connectivity index (χ3n) is 6.61. The summed E-state index contributed by atoms with van der Waals surface area (Å²) >= 11 is 0. The van der Waals surface area contributed by atoms with Gasteiger partial charge in [-0.2, -0.15) is 4.68 Å². The van der Waals surface area contributed by atoms with E-state index in [1.165, 1.54) is 17.2 Å². The second-order valence-electron chi connectivity index (χ2n) is 9.48. The molecular formula is C26H32N7O+. The number of H-pyrrole nitrogens is 1. The molecule has 0 aliphatic carbocycles. The first-order valence-corrected chi connectivity index (χ1v) is 12.0. The summed E-state index contributed by atoms with van der Waals surface area (Å²) in [4.78, 5) is 25.1. The van der Waals surface area contributed by atoms with Gasteiger partial charge in [0.25, 0.3) is 0 Å². The van der Waals surface area contributed by atoms with Crippen LogP contribution in [0.15, 0.2) is 47.3 Å². The SMILES string of the molecule is Cc1cc(-c2c(-c3ccccc3)nc(N)[n+]3c(=O)n(CCN4CCCC(C)C4)[nH]c23)cc(C)n1. The molecular weight excluding hydrogens is 426 g/mol. The van der Waals surface area contributed by atoms with E-state index in [1.54, 1.807) is 4.68 Å². The quantitative estimate of drug-likeness (QED) is 0.448. The topological polar surface area (TPSA) is 96.9 Å². The number of anilines is 1. The minimum atomic E-state index is -0.201. The summed E-state index contributed by atoms with van der Waals surface area (Å²) in [6.07, 6.45) is 2.48. The monoisotopic (exact) mass is 458 g/mol. The van der Waals surface area contributed by atoms with Crippen molar-refractivity contribution < 1.29 is 4.40 Å². The van der Waals surface area contributed by atoms with E-state index < -0.39 is 0 Å². The van der Waals surface area contributed by atoms with Gasteiger partial charge in [0.1, 0.15) is 5.69 Å². The zero-order chi connectivity index (χ0) is 23.8. The Labute approximate surface area is 199 Å². The highest BCUT2D eigenvalue weighted by Crippen LogP contribution is 2.33. The Morgan fingerprint density at radius 1 is 1.09 bits per heavy atom. The number of aromatic amines is 1. The summed E-state index contributed by atoms with van der Waals surface area (Å²) in [5, 5.41) is 3.37. The number of nitrogens with one attached hydrogen (secondary N) is 1. The summed E-state index contributed by atoms with van der Waals surface area (Å²) < 4.78 is 3.15. The Bertz CT molecular complexity index is 1370. The zero-order valence-corrected chi connectivity index (χ0v) is 20.1. The summed E-state index contributed by atoms with van der Waals surface area (Å²) in [5.41, 5.74) is 12.1. The zero-order valence-electron chi connectivity index (χ0n) is 20.1. The Hall–Kier alpha value is -3.52. The van der Waals surface area contributed by atoms with Crippen LogP contribution in [-0.2, 0) is 6.54 Å². The third-order valence-corrected chi connectivity index (χ3v) is 6.61. The molecule has 0 radical (unpaired) electrons. The van der Waals surface area contributed by atoms with Gasteiger partial charge >= 0.3 is 11.6 Å². The van der Waals surface area contributed by atoms with Crippen LogP contribution in [0.1, 0.15) is 31.2 Å². The molecule has 1 unspecified atom stereocenters. The van der Waals surface area contributed by atoms with Gasteiger partial charge in [0, 0.05) is 30.0 Å². The van der Waals surface area contributed by atoms with Gasteiger partial charge in [-0.25, -0.2) is 9.89 Å². The second kappa shape index (κ2) is 9.02. The Balaban J connectivity index is 1.67. The molecule has 8 nitrogen and oxygen atoms in total. The fourth-order valence-corrected chi connectivity index (χ4v) is 5.09. The molecule has 0 amide bonds. The number of piperidine rings is 1. The fraction of sp³-hybridized carbons (Fsp3) is 0.385. The maximum absolute atomic E-state index is 13.4. The second-order valence-corrected chi connectivity index (χ2v) is 9.48. The number of aromatic nitrogens is 5. The molecule has 1 atom stereocenters. The molecule has 1 aliphatic heterocycles. The van der Waals surface area contributed by atoms with E-state index in [-0.39, 0.29) is 11.6 Å². The van der Waals surface area contributed by atoms with Crippen molar-refractivity contribution in [3.8, 4) is 22.4 Å². The van der Waals surface area contributed by atoms with Crippen LogP contribution < -0.4 is 15.8 Å². The van der Waals surface area contributed by atoms with Crippen LogP contribution in [0.4, 0.5) is 5.95 Å². The highest BCUT2D eigenvalue weighted by atomic mass is 16.2. The largest absolute Gasteiger partial charge is 0.428 e. The number of rotatable bonds is 5. The molecule has 4 heterocycles. The lowest BCUT2D eigenvalue weighted by molar-refractivity contribution is -0.516. The van der Waals surface area contributed by atoms with Crippen LogP contribution in [0.25, 0.3) is 28.0 Å². The Kier molecular flexibility index (Phi) is 5.91. The first kappa shape index (κ1) is 22.3. The van der Waals surface area contributed by atoms with E-state index in [2.05, 4.69) is 21.9 Å². The lowest BCUT2D eigenvalue weighted by Gasteiger charge is -2.30. The number of pyridine rings is 1. The van der Waals surface area contributed by atoms with E-state index in [9.17, 15) is 4.79 Å². The molecule has 1 aliphatic rings. The summed E-state index contributed by atoms with van der Waals surface area (Å²) in [6.45, 7) is 9.78. The maximum Gasteiger partial charge on any atom is 0.428 e. The average Bonchev–Trinajstić information content (AvgIpc) is 3.14. The van der Waals surface area contributed by atoms with E-state index in [4.69, 9.17) is 10.7 Å². The molecule has 1 fully saturated rings. The van der Waals surface area contributed by atoms with Crippen molar-refractivity contribution in [1.29, 1.82) is 0 Å². The normalized spacial score (nSPS) is 16.9. The molecule has 3 N–H and O–H groups in total. The summed E-state index contributed by atoms with van der Waals surface area (Å²) in [6, 6.07) is 14.0. The van der Waals surface area contributed by atoms with Crippen molar-refractivity contribution in [2.24, 2.45) is 5.92 Å². The summed E-state index contributed by atoms with van der Waals surface area (Å²) in [5.74, 6) is 0.868. The van der Waals surface area contributed by atoms with Crippen molar-refractivity contribution in [2.75, 3.05) is 25.4 Å². The number of likely N-dealkylation sites (tertiary alicyclic amines) is 1. The molecule has 0 spiro atoms. The lowest BCUT2D eigenvalue weighted by atomic mass is 9.99. The third kappa shape index (κ3) is 4.21. The minimum Gasteiger partial charge on any atom is -0.319 e. The summed E-state index contributed by atoms with van der Waals surface area (Å²) in [7, 11) is 0. The van der Waals surface area contributed by atoms with Crippen LogP contribution in [-0.4, -0.2) is 44.3 Å². The number of nitrogens with zero attached hydrogens (tertiary/aromatic N) is 5. The van der Waals surface area contributed by atoms with Crippen LogP contribution in [0.2, 0.25) is 0 Å². The molecule has 8 heteroatoms. The van der Waals surface area contributed by atoms with Gasteiger partial charge < -0.3 is 10.6 Å². The molecule has 1 aromatic carbocycles. The van der Waals surface area contributed by atoms with Gasteiger partial charge in [-0.1, -0.05) is 37.3 Å². The van der Waals surface area contributed by atoms with Crippen LogP contribution >= 0.6 is 0 Å². The van der Waals surface area contributed by atoms with Crippen molar-refractivity contribution in [3.05, 3.63) is 64.3 Å². The molecule has 0 bridgehead atoms. The molecule has 5 rings (SSSR count). The predicted octanol–water partition coefficient (Wildman–Crippen LogP) is 2.97. The van der Waals surface area contributed by atoms with E-state index in [1.807, 2.05) is 56.3 Å². The van der Waals surface area contributed by atoms with Crippen molar-refractivity contribution in [3.63, 3.8) is 0 Å². The van der Waals surface area contributed by atoms with Gasteiger partial charge in [0.05, 0.1) is 12.1 Å². The molecule has 4 aromatic rings. The molecule has 0 saturated carbocycles. The molecule has 176 valence electrons. The highest BCUT2D eigenvalue weighted by Gasteiger charge is 2.26.